The lowest BCUT2D eigenvalue weighted by molar-refractivity contribution is -0.146. The number of carbonyl (C=O) groups excluding carboxylic acids is 1. The summed E-state index contributed by atoms with van der Waals surface area (Å²) in [6.07, 6.45) is 0. The van der Waals surface area contributed by atoms with E-state index in [2.05, 4.69) is 27.8 Å². The zero-order chi connectivity index (χ0) is 14.0. The van der Waals surface area contributed by atoms with Gasteiger partial charge in [-0.25, -0.2) is 4.39 Å². The van der Waals surface area contributed by atoms with Crippen LogP contribution in [0.2, 0.25) is 0 Å². The van der Waals surface area contributed by atoms with Gasteiger partial charge in [-0.1, -0.05) is 28.9 Å². The second kappa shape index (κ2) is 6.01. The Morgan fingerprint density at radius 2 is 2.26 bits per heavy atom. The van der Waals surface area contributed by atoms with Crippen LogP contribution in [0.1, 0.15) is 12.5 Å². The number of benzene rings is 1. The molecule has 2 unspecified atom stereocenters. The van der Waals surface area contributed by atoms with Gasteiger partial charge >= 0.3 is 5.97 Å². The molecule has 0 saturated carbocycles. The highest BCUT2D eigenvalue weighted by Crippen LogP contribution is 2.27. The monoisotopic (exact) mass is 329 g/mol. The molecule has 5 heteroatoms. The Morgan fingerprint density at radius 3 is 2.89 bits per heavy atom. The van der Waals surface area contributed by atoms with E-state index >= 15 is 0 Å². The van der Waals surface area contributed by atoms with Crippen LogP contribution in [-0.4, -0.2) is 31.1 Å². The normalized spacial score (nSPS) is 23.6. The zero-order valence-corrected chi connectivity index (χ0v) is 12.6. The summed E-state index contributed by atoms with van der Waals surface area (Å²) in [5.41, 5.74) is 1.03. The predicted octanol–water partition coefficient (Wildman–Crippen LogP) is 2.83. The Balaban J connectivity index is 2.03. The lowest BCUT2D eigenvalue weighted by Gasteiger charge is -2.16. The quantitative estimate of drug-likeness (QED) is 0.798. The molecule has 0 radical (unpaired) electrons. The van der Waals surface area contributed by atoms with Crippen LogP contribution in [0.15, 0.2) is 22.7 Å². The Hall–Kier alpha value is -0.940. The van der Waals surface area contributed by atoms with Gasteiger partial charge < -0.3 is 4.74 Å². The predicted molar refractivity (Wildman–Crippen MR) is 74.0 cm³/mol. The van der Waals surface area contributed by atoms with Gasteiger partial charge in [0.25, 0.3) is 0 Å². The van der Waals surface area contributed by atoms with Gasteiger partial charge in [0.1, 0.15) is 5.82 Å². The highest BCUT2D eigenvalue weighted by molar-refractivity contribution is 9.10. The van der Waals surface area contributed by atoms with E-state index < -0.39 is 0 Å². The highest BCUT2D eigenvalue weighted by Gasteiger charge is 2.35. The number of carbonyl (C=O) groups is 1. The van der Waals surface area contributed by atoms with Crippen LogP contribution >= 0.6 is 15.9 Å². The third kappa shape index (κ3) is 3.34. The smallest absolute Gasteiger partial charge is 0.310 e. The van der Waals surface area contributed by atoms with E-state index in [1.54, 1.807) is 6.07 Å². The first-order valence-corrected chi connectivity index (χ1v) is 7.04. The number of rotatable bonds is 3. The maximum Gasteiger partial charge on any atom is 0.310 e. The van der Waals surface area contributed by atoms with Gasteiger partial charge in [0, 0.05) is 24.1 Å². The largest absolute Gasteiger partial charge is 0.469 e. The molecule has 0 aliphatic carbocycles. The minimum absolute atomic E-state index is 0.0655. The van der Waals surface area contributed by atoms with Crippen molar-refractivity contribution >= 4 is 21.9 Å². The van der Waals surface area contributed by atoms with Crippen LogP contribution in [0.3, 0.4) is 0 Å². The number of esters is 1. The fourth-order valence-electron chi connectivity index (χ4n) is 2.55. The van der Waals surface area contributed by atoms with Gasteiger partial charge in [-0.15, -0.1) is 0 Å². The SMILES string of the molecule is COC(=O)C1CN(Cc2ccc(F)cc2Br)CC1C. The van der Waals surface area contributed by atoms with Crippen LogP contribution in [0.4, 0.5) is 4.39 Å². The molecule has 19 heavy (non-hydrogen) atoms. The summed E-state index contributed by atoms with van der Waals surface area (Å²) in [6, 6.07) is 4.69. The molecule has 1 heterocycles. The Kier molecular flexibility index (Phi) is 4.58. The average molecular weight is 330 g/mol. The molecule has 0 spiro atoms. The molecular weight excluding hydrogens is 313 g/mol. The van der Waals surface area contributed by atoms with Crippen LogP contribution < -0.4 is 0 Å². The molecule has 0 bridgehead atoms. The van der Waals surface area contributed by atoms with Crippen molar-refractivity contribution in [1.82, 2.24) is 4.90 Å². The fraction of sp³-hybridized carbons (Fsp3) is 0.500. The lowest BCUT2D eigenvalue weighted by atomic mass is 9.99. The summed E-state index contributed by atoms with van der Waals surface area (Å²) in [5, 5.41) is 0. The number of hydrogen-bond donors (Lipinski definition) is 0. The molecule has 2 rings (SSSR count). The van der Waals surface area contributed by atoms with E-state index in [1.165, 1.54) is 19.2 Å². The van der Waals surface area contributed by atoms with Crippen molar-refractivity contribution in [1.29, 1.82) is 0 Å². The first-order valence-electron chi connectivity index (χ1n) is 6.25. The lowest BCUT2D eigenvalue weighted by Crippen LogP contribution is -2.24. The second-order valence-electron chi connectivity index (χ2n) is 5.04. The number of ether oxygens (including phenoxy) is 1. The molecule has 1 aliphatic heterocycles. The highest BCUT2D eigenvalue weighted by atomic mass is 79.9. The second-order valence-corrected chi connectivity index (χ2v) is 5.89. The van der Waals surface area contributed by atoms with Gasteiger partial charge in [0.2, 0.25) is 0 Å². The van der Waals surface area contributed by atoms with E-state index in [4.69, 9.17) is 4.74 Å². The number of methoxy groups -OCH3 is 1. The molecule has 1 saturated heterocycles. The summed E-state index contributed by atoms with van der Waals surface area (Å²) in [5.74, 6) is -0.179. The van der Waals surface area contributed by atoms with Gasteiger partial charge in [-0.2, -0.15) is 0 Å². The Morgan fingerprint density at radius 1 is 1.53 bits per heavy atom. The third-order valence-corrected chi connectivity index (χ3v) is 4.34. The Labute approximate surface area is 120 Å². The first-order chi connectivity index (χ1) is 9.01. The number of halogens is 2. The van der Waals surface area contributed by atoms with E-state index in [0.717, 1.165) is 16.6 Å². The molecule has 0 aromatic heterocycles. The van der Waals surface area contributed by atoms with Crippen molar-refractivity contribution in [2.75, 3.05) is 20.2 Å². The van der Waals surface area contributed by atoms with Crippen LogP contribution in [-0.2, 0) is 16.1 Å². The van der Waals surface area contributed by atoms with Gasteiger partial charge in [0.15, 0.2) is 0 Å². The number of likely N-dealkylation sites (tertiary alicyclic amines) is 1. The van der Waals surface area contributed by atoms with Crippen LogP contribution in [0.5, 0.6) is 0 Å². The molecule has 1 aromatic rings. The fourth-order valence-corrected chi connectivity index (χ4v) is 3.02. The maximum atomic E-state index is 13.0. The summed E-state index contributed by atoms with van der Waals surface area (Å²) < 4.78 is 18.6. The van der Waals surface area contributed by atoms with Gasteiger partial charge in [0.05, 0.1) is 13.0 Å². The molecular formula is C14H17BrFNO2. The number of hydrogen-bond acceptors (Lipinski definition) is 3. The van der Waals surface area contributed by atoms with Crippen LogP contribution in [0.25, 0.3) is 0 Å². The van der Waals surface area contributed by atoms with Crippen molar-refractivity contribution in [2.45, 2.75) is 13.5 Å². The molecule has 104 valence electrons. The maximum absolute atomic E-state index is 13.0. The van der Waals surface area contributed by atoms with E-state index in [0.29, 0.717) is 13.1 Å². The zero-order valence-electron chi connectivity index (χ0n) is 11.0. The van der Waals surface area contributed by atoms with Gasteiger partial charge in [-0.3, -0.25) is 9.69 Å². The van der Waals surface area contributed by atoms with Crippen molar-refractivity contribution in [3.8, 4) is 0 Å². The minimum atomic E-state index is -0.252. The topological polar surface area (TPSA) is 29.5 Å². The van der Waals surface area contributed by atoms with E-state index in [9.17, 15) is 9.18 Å². The van der Waals surface area contributed by atoms with Crippen molar-refractivity contribution in [3.05, 3.63) is 34.1 Å². The van der Waals surface area contributed by atoms with E-state index in [-0.39, 0.29) is 23.6 Å². The molecule has 0 amide bonds. The standard InChI is InChI=1S/C14H17BrFNO2/c1-9-6-17(8-12(9)14(18)19-2)7-10-3-4-11(16)5-13(10)15/h3-5,9,12H,6-8H2,1-2H3. The summed E-state index contributed by atoms with van der Waals surface area (Å²) in [4.78, 5) is 13.8. The summed E-state index contributed by atoms with van der Waals surface area (Å²) >= 11 is 3.37. The van der Waals surface area contributed by atoms with Crippen molar-refractivity contribution in [3.63, 3.8) is 0 Å². The molecule has 0 N–H and O–H groups in total. The van der Waals surface area contributed by atoms with Gasteiger partial charge in [-0.05, 0) is 23.6 Å². The van der Waals surface area contributed by atoms with Crippen molar-refractivity contribution in [2.24, 2.45) is 11.8 Å². The third-order valence-electron chi connectivity index (χ3n) is 3.60. The molecule has 1 fully saturated rings. The number of nitrogens with zero attached hydrogens (tertiary/aromatic N) is 1. The molecule has 3 nitrogen and oxygen atoms in total. The van der Waals surface area contributed by atoms with E-state index in [1.807, 2.05) is 0 Å². The average Bonchev–Trinajstić information content (AvgIpc) is 2.73. The summed E-state index contributed by atoms with van der Waals surface area (Å²) in [7, 11) is 1.42. The van der Waals surface area contributed by atoms with Crippen LogP contribution in [0, 0.1) is 17.7 Å². The van der Waals surface area contributed by atoms with Crippen molar-refractivity contribution < 1.29 is 13.9 Å². The summed E-state index contributed by atoms with van der Waals surface area (Å²) in [6.45, 7) is 4.31. The molecule has 1 aliphatic rings. The first kappa shape index (κ1) is 14.5. The molecule has 2 atom stereocenters. The molecule has 1 aromatic carbocycles. The minimum Gasteiger partial charge on any atom is -0.469 e. The Bertz CT molecular complexity index is 481.